The Morgan fingerprint density at radius 3 is 2.85 bits per heavy atom. The Balaban J connectivity index is 2.05. The lowest BCUT2D eigenvalue weighted by molar-refractivity contribution is 0.0939. The highest BCUT2D eigenvalue weighted by atomic mass is 32.2. The summed E-state index contributed by atoms with van der Waals surface area (Å²) < 4.78 is 0. The second-order valence-electron chi connectivity index (χ2n) is 5.42. The van der Waals surface area contributed by atoms with Gasteiger partial charge in [-0.2, -0.15) is 11.8 Å². The summed E-state index contributed by atoms with van der Waals surface area (Å²) in [6.45, 7) is 4.91. The van der Waals surface area contributed by atoms with E-state index in [2.05, 4.69) is 16.9 Å². The van der Waals surface area contributed by atoms with Gasteiger partial charge in [-0.05, 0) is 57.1 Å². The smallest absolute Gasteiger partial charge is 0.253 e. The first-order valence-corrected chi connectivity index (χ1v) is 8.61. The van der Waals surface area contributed by atoms with E-state index in [0.717, 1.165) is 30.6 Å². The van der Waals surface area contributed by atoms with Gasteiger partial charge in [0, 0.05) is 23.5 Å². The van der Waals surface area contributed by atoms with Gasteiger partial charge in [0.15, 0.2) is 0 Å². The fourth-order valence-electron chi connectivity index (χ4n) is 2.74. The number of thioether (sulfide) groups is 1. The SMILES string of the molecule is CCNc1cc(C)ccc1C(=O)NC1CCC(SC)C1. The first kappa shape index (κ1) is 15.2. The van der Waals surface area contributed by atoms with E-state index in [1.54, 1.807) is 0 Å². The molecule has 1 aliphatic carbocycles. The summed E-state index contributed by atoms with van der Waals surface area (Å²) in [6, 6.07) is 6.28. The lowest BCUT2D eigenvalue weighted by atomic mass is 10.1. The molecule has 0 bridgehead atoms. The molecule has 20 heavy (non-hydrogen) atoms. The minimum absolute atomic E-state index is 0.0488. The molecular formula is C16H24N2OS. The number of aryl methyl sites for hydroxylation is 1. The van der Waals surface area contributed by atoms with Crippen molar-refractivity contribution in [1.82, 2.24) is 5.32 Å². The van der Waals surface area contributed by atoms with Crippen LogP contribution < -0.4 is 10.6 Å². The van der Waals surface area contributed by atoms with Crippen LogP contribution in [0, 0.1) is 6.92 Å². The molecule has 0 radical (unpaired) electrons. The van der Waals surface area contributed by atoms with Crippen molar-refractivity contribution in [3.05, 3.63) is 29.3 Å². The minimum atomic E-state index is 0.0488. The van der Waals surface area contributed by atoms with E-state index < -0.39 is 0 Å². The number of anilines is 1. The number of hydrogen-bond acceptors (Lipinski definition) is 3. The number of amides is 1. The van der Waals surface area contributed by atoms with E-state index in [-0.39, 0.29) is 5.91 Å². The van der Waals surface area contributed by atoms with Gasteiger partial charge in [0.25, 0.3) is 5.91 Å². The third-order valence-corrected chi connectivity index (χ3v) is 4.93. The van der Waals surface area contributed by atoms with Crippen LogP contribution in [-0.4, -0.2) is 30.0 Å². The van der Waals surface area contributed by atoms with Crippen molar-refractivity contribution in [1.29, 1.82) is 0 Å². The minimum Gasteiger partial charge on any atom is -0.385 e. The Labute approximate surface area is 125 Å². The van der Waals surface area contributed by atoms with Crippen LogP contribution in [0.2, 0.25) is 0 Å². The number of rotatable bonds is 5. The Hall–Kier alpha value is -1.16. The van der Waals surface area contributed by atoms with Crippen LogP contribution in [0.4, 0.5) is 5.69 Å². The molecule has 1 amide bonds. The maximum atomic E-state index is 12.4. The molecule has 2 unspecified atom stereocenters. The average molecular weight is 292 g/mol. The van der Waals surface area contributed by atoms with E-state index >= 15 is 0 Å². The molecule has 1 aromatic rings. The van der Waals surface area contributed by atoms with E-state index in [1.165, 1.54) is 12.0 Å². The highest BCUT2D eigenvalue weighted by Gasteiger charge is 2.26. The van der Waals surface area contributed by atoms with Gasteiger partial charge >= 0.3 is 0 Å². The van der Waals surface area contributed by atoms with Crippen LogP contribution >= 0.6 is 11.8 Å². The zero-order valence-corrected chi connectivity index (χ0v) is 13.3. The monoisotopic (exact) mass is 292 g/mol. The molecule has 1 aliphatic rings. The van der Waals surface area contributed by atoms with Crippen LogP contribution in [-0.2, 0) is 0 Å². The van der Waals surface area contributed by atoms with Crippen LogP contribution in [0.1, 0.15) is 42.1 Å². The summed E-state index contributed by atoms with van der Waals surface area (Å²) >= 11 is 1.91. The van der Waals surface area contributed by atoms with Crippen molar-refractivity contribution in [2.75, 3.05) is 18.1 Å². The van der Waals surface area contributed by atoms with Crippen molar-refractivity contribution < 1.29 is 4.79 Å². The predicted molar refractivity (Wildman–Crippen MR) is 87.8 cm³/mol. The standard InChI is InChI=1S/C16H24N2OS/c1-4-17-15-9-11(2)5-8-14(15)16(19)18-12-6-7-13(10-12)20-3/h5,8-9,12-13,17H,4,6-7,10H2,1-3H3,(H,18,19). The number of carbonyl (C=O) groups is 1. The zero-order valence-electron chi connectivity index (χ0n) is 12.5. The molecule has 0 aliphatic heterocycles. The highest BCUT2D eigenvalue weighted by Crippen LogP contribution is 2.28. The quantitative estimate of drug-likeness (QED) is 0.873. The van der Waals surface area contributed by atoms with Gasteiger partial charge in [-0.25, -0.2) is 0 Å². The van der Waals surface area contributed by atoms with E-state index in [9.17, 15) is 4.79 Å². The Morgan fingerprint density at radius 2 is 2.20 bits per heavy atom. The number of benzene rings is 1. The first-order valence-electron chi connectivity index (χ1n) is 7.32. The van der Waals surface area contributed by atoms with Gasteiger partial charge in [0.1, 0.15) is 0 Å². The van der Waals surface area contributed by atoms with Crippen molar-refractivity contribution in [3.8, 4) is 0 Å². The summed E-state index contributed by atoms with van der Waals surface area (Å²) in [6.07, 6.45) is 5.55. The summed E-state index contributed by atoms with van der Waals surface area (Å²) in [5.41, 5.74) is 2.86. The van der Waals surface area contributed by atoms with Crippen molar-refractivity contribution in [2.45, 2.75) is 44.4 Å². The predicted octanol–water partition coefficient (Wildman–Crippen LogP) is 3.44. The molecule has 2 N–H and O–H groups in total. The Morgan fingerprint density at radius 1 is 1.40 bits per heavy atom. The van der Waals surface area contributed by atoms with Gasteiger partial charge < -0.3 is 10.6 Å². The van der Waals surface area contributed by atoms with Crippen LogP contribution in [0.5, 0.6) is 0 Å². The van der Waals surface area contributed by atoms with Crippen LogP contribution in [0.15, 0.2) is 18.2 Å². The average Bonchev–Trinajstić information content (AvgIpc) is 2.87. The number of hydrogen-bond donors (Lipinski definition) is 2. The van der Waals surface area contributed by atoms with Gasteiger partial charge in [-0.15, -0.1) is 0 Å². The summed E-state index contributed by atoms with van der Waals surface area (Å²) in [7, 11) is 0. The van der Waals surface area contributed by atoms with E-state index in [1.807, 2.05) is 43.8 Å². The van der Waals surface area contributed by atoms with E-state index in [4.69, 9.17) is 0 Å². The number of carbonyl (C=O) groups excluding carboxylic acids is 1. The Kier molecular flexibility index (Phi) is 5.35. The van der Waals surface area contributed by atoms with Crippen LogP contribution in [0.3, 0.4) is 0 Å². The molecule has 0 heterocycles. The van der Waals surface area contributed by atoms with Gasteiger partial charge in [0.05, 0.1) is 5.56 Å². The first-order chi connectivity index (χ1) is 9.63. The summed E-state index contributed by atoms with van der Waals surface area (Å²) in [4.78, 5) is 12.4. The zero-order chi connectivity index (χ0) is 14.5. The van der Waals surface area contributed by atoms with Crippen molar-refractivity contribution >= 4 is 23.4 Å². The molecule has 1 saturated carbocycles. The summed E-state index contributed by atoms with van der Waals surface area (Å²) in [5, 5.41) is 7.16. The molecule has 4 heteroatoms. The maximum Gasteiger partial charge on any atom is 0.253 e. The Bertz CT molecular complexity index is 476. The topological polar surface area (TPSA) is 41.1 Å². The lowest BCUT2D eigenvalue weighted by Crippen LogP contribution is -2.33. The van der Waals surface area contributed by atoms with Crippen LogP contribution in [0.25, 0.3) is 0 Å². The molecule has 1 aromatic carbocycles. The second kappa shape index (κ2) is 7.02. The third-order valence-electron chi connectivity index (χ3n) is 3.84. The molecule has 0 aromatic heterocycles. The van der Waals surface area contributed by atoms with Gasteiger partial charge in [-0.1, -0.05) is 6.07 Å². The van der Waals surface area contributed by atoms with Gasteiger partial charge in [-0.3, -0.25) is 4.79 Å². The molecular weight excluding hydrogens is 268 g/mol. The highest BCUT2D eigenvalue weighted by molar-refractivity contribution is 7.99. The second-order valence-corrected chi connectivity index (χ2v) is 6.56. The van der Waals surface area contributed by atoms with Crippen molar-refractivity contribution in [3.63, 3.8) is 0 Å². The third kappa shape index (κ3) is 3.69. The van der Waals surface area contributed by atoms with Crippen molar-refractivity contribution in [2.24, 2.45) is 0 Å². The molecule has 0 saturated heterocycles. The molecule has 2 rings (SSSR count). The van der Waals surface area contributed by atoms with E-state index in [0.29, 0.717) is 11.3 Å². The fourth-order valence-corrected chi connectivity index (χ4v) is 3.54. The normalized spacial score (nSPS) is 21.8. The maximum absolute atomic E-state index is 12.4. The molecule has 110 valence electrons. The molecule has 1 fully saturated rings. The largest absolute Gasteiger partial charge is 0.385 e. The molecule has 0 spiro atoms. The number of nitrogens with one attached hydrogen (secondary N) is 2. The lowest BCUT2D eigenvalue weighted by Gasteiger charge is -2.16. The fraction of sp³-hybridized carbons (Fsp3) is 0.562. The molecule has 2 atom stereocenters. The summed E-state index contributed by atoms with van der Waals surface area (Å²) in [5.74, 6) is 0.0488. The molecule has 3 nitrogen and oxygen atoms in total. The van der Waals surface area contributed by atoms with Gasteiger partial charge in [0.2, 0.25) is 0 Å².